The van der Waals surface area contributed by atoms with Gasteiger partial charge in [-0.05, 0) is 0 Å². The van der Waals surface area contributed by atoms with E-state index in [-0.39, 0.29) is 0 Å². The summed E-state index contributed by atoms with van der Waals surface area (Å²) >= 11 is 1.02. The molecular weight excluding hydrogens is 123 g/mol. The fourth-order valence-electron chi connectivity index (χ4n) is 0. The van der Waals surface area contributed by atoms with Gasteiger partial charge in [-0.25, -0.2) is 0 Å². The minimum atomic E-state index is 1.02. The molecule has 0 aliphatic carbocycles. The first-order chi connectivity index (χ1) is 1.91. The number of hydrogen-bond acceptors (Lipinski definition) is 2. The first kappa shape index (κ1) is 4.46. The van der Waals surface area contributed by atoms with E-state index in [0.717, 1.165) is 17.1 Å². The predicted molar refractivity (Wildman–Crippen MR) is 13.2 cm³/mol. The van der Waals surface area contributed by atoms with Gasteiger partial charge in [0.05, 0.1) is 0 Å². The molecule has 0 unspecified atom stereocenters. The van der Waals surface area contributed by atoms with Crippen LogP contribution in [0.3, 0.4) is 0 Å². The predicted octanol–water partition coefficient (Wildman–Crippen LogP) is 0.662. The van der Waals surface area contributed by atoms with Crippen LogP contribution >= 0.6 is 9.75 Å². The maximum atomic E-state index is 7.62. The van der Waals surface area contributed by atoms with Gasteiger partial charge >= 0.3 is 37.5 Å². The normalized spacial score (nSPS) is 5.25. The van der Waals surface area contributed by atoms with E-state index in [1.807, 2.05) is 5.40 Å². The van der Waals surface area contributed by atoms with Crippen LogP contribution in [0, 0.1) is 10.7 Å². The summed E-state index contributed by atoms with van der Waals surface area (Å²) in [6.45, 7) is 0. The zero-order valence-corrected chi connectivity index (χ0v) is 5.85. The minimum absolute atomic E-state index is 1.02. The summed E-state index contributed by atoms with van der Waals surface area (Å²) in [5.41, 5.74) is 0. The van der Waals surface area contributed by atoms with Gasteiger partial charge < -0.3 is 0 Å². The molecule has 0 atom stereocenters. The molecule has 0 aromatic rings. The van der Waals surface area contributed by atoms with E-state index in [1.54, 1.807) is 0 Å². The third kappa shape index (κ3) is 2.46. The van der Waals surface area contributed by atoms with Gasteiger partial charge in [0.1, 0.15) is 0 Å². The van der Waals surface area contributed by atoms with Crippen molar-refractivity contribution in [2.45, 2.75) is 0 Å². The van der Waals surface area contributed by atoms with Crippen molar-refractivity contribution >= 4 is 9.75 Å². The van der Waals surface area contributed by atoms with Crippen LogP contribution in [-0.4, -0.2) is 0 Å². The molecule has 0 N–H and O–H groups in total. The van der Waals surface area contributed by atoms with Crippen LogP contribution in [0.25, 0.3) is 0 Å². The third-order valence-corrected chi connectivity index (χ3v) is 1.01. The zero-order chi connectivity index (χ0) is 3.41. The Morgan fingerprint density at radius 1 is 2.00 bits per heavy atom. The fourth-order valence-corrected chi connectivity index (χ4v) is 0. The molecule has 0 fully saturated rings. The van der Waals surface area contributed by atoms with Crippen LogP contribution in [0.1, 0.15) is 0 Å². The fraction of sp³-hybridized carbons (Fsp3) is 0. The number of nitrogens with zero attached hydrogens (tertiary/aromatic N) is 1. The van der Waals surface area contributed by atoms with E-state index < -0.39 is 0 Å². The second kappa shape index (κ2) is 3.46. The Kier molecular flexibility index (Phi) is 3.86. The quantitative estimate of drug-likeness (QED) is 0.349. The summed E-state index contributed by atoms with van der Waals surface area (Å²) in [4.78, 5) is 0. The first-order valence-corrected chi connectivity index (χ1v) is 5.34. The van der Waals surface area contributed by atoms with Gasteiger partial charge in [0, 0.05) is 0 Å². The van der Waals surface area contributed by atoms with Crippen LogP contribution in [0.5, 0.6) is 0 Å². The molecule has 3 heteroatoms. The number of nitriles is 1. The Morgan fingerprint density at radius 3 is 2.25 bits per heavy atom. The molecule has 0 aromatic heterocycles. The molecule has 17 valence electrons. The van der Waals surface area contributed by atoms with Crippen molar-refractivity contribution in [2.75, 3.05) is 0 Å². The Bertz CT molecular complexity index is 37.8. The molecular formula is CNSZn. The molecule has 1 nitrogen and oxygen atoms in total. The monoisotopic (exact) mass is 122 g/mol. The van der Waals surface area contributed by atoms with Crippen LogP contribution in [0.2, 0.25) is 0 Å². The molecule has 0 bridgehead atoms. The van der Waals surface area contributed by atoms with Gasteiger partial charge in [0.2, 0.25) is 0 Å². The van der Waals surface area contributed by atoms with Gasteiger partial charge in [-0.15, -0.1) is 0 Å². The SMILES string of the molecule is N#C[S][Zn]. The molecule has 0 aliphatic heterocycles. The van der Waals surface area contributed by atoms with Gasteiger partial charge in [0.25, 0.3) is 0 Å². The van der Waals surface area contributed by atoms with E-state index >= 15 is 0 Å². The zero-order valence-electron chi connectivity index (χ0n) is 2.06. The third-order valence-electron chi connectivity index (χ3n) is 0.0645. The average Bonchev–Trinajstić information content (AvgIpc) is 1.37. The van der Waals surface area contributed by atoms with E-state index in [4.69, 9.17) is 5.26 Å². The first-order valence-electron chi connectivity index (χ1n) is 0.716. The van der Waals surface area contributed by atoms with E-state index in [9.17, 15) is 0 Å². The molecule has 4 heavy (non-hydrogen) atoms. The van der Waals surface area contributed by atoms with Crippen molar-refractivity contribution in [2.24, 2.45) is 0 Å². The van der Waals surface area contributed by atoms with Gasteiger partial charge in [-0.1, -0.05) is 0 Å². The second-order valence-corrected chi connectivity index (χ2v) is 2.52. The van der Waals surface area contributed by atoms with Crippen molar-refractivity contribution in [3.8, 4) is 5.40 Å². The molecule has 0 radical (unpaired) electrons. The van der Waals surface area contributed by atoms with Crippen molar-refractivity contribution in [3.05, 3.63) is 0 Å². The second-order valence-electron chi connectivity index (χ2n) is 0.236. The summed E-state index contributed by atoms with van der Waals surface area (Å²) in [6.07, 6.45) is 0. The van der Waals surface area contributed by atoms with Crippen LogP contribution < -0.4 is 0 Å². The Hall–Kier alpha value is 0.463. The van der Waals surface area contributed by atoms with Gasteiger partial charge in [-0.3, -0.25) is 0 Å². The molecule has 0 rings (SSSR count). The van der Waals surface area contributed by atoms with Crippen molar-refractivity contribution < 1.29 is 17.1 Å². The van der Waals surface area contributed by atoms with Gasteiger partial charge in [0.15, 0.2) is 0 Å². The van der Waals surface area contributed by atoms with E-state index in [2.05, 4.69) is 0 Å². The topological polar surface area (TPSA) is 23.8 Å². The molecule has 0 amide bonds. The standard InChI is InChI=1S/CHNS.Zn/c2-1-3;/h3H;/q;+1/p-1. The molecule has 0 heterocycles. The number of hydrogen-bond donors (Lipinski definition) is 0. The van der Waals surface area contributed by atoms with Crippen molar-refractivity contribution in [1.29, 1.82) is 5.26 Å². The molecule has 0 aromatic carbocycles. The van der Waals surface area contributed by atoms with Crippen LogP contribution in [0.15, 0.2) is 0 Å². The van der Waals surface area contributed by atoms with Crippen molar-refractivity contribution in [1.82, 2.24) is 0 Å². The van der Waals surface area contributed by atoms with E-state index in [0.29, 0.717) is 0 Å². The Balaban J connectivity index is 2.43. The molecule has 0 spiro atoms. The van der Waals surface area contributed by atoms with Crippen LogP contribution in [0.4, 0.5) is 0 Å². The summed E-state index contributed by atoms with van der Waals surface area (Å²) in [5, 5.41) is 9.52. The summed E-state index contributed by atoms with van der Waals surface area (Å²) in [6, 6.07) is 0. The Morgan fingerprint density at radius 2 is 2.25 bits per heavy atom. The number of thiocyanates is 1. The molecule has 0 aliphatic rings. The molecule has 0 saturated carbocycles. The summed E-state index contributed by atoms with van der Waals surface area (Å²) < 4.78 is 0. The van der Waals surface area contributed by atoms with Gasteiger partial charge in [-0.2, -0.15) is 0 Å². The summed E-state index contributed by atoms with van der Waals surface area (Å²) in [7, 11) is 1.29. The number of rotatable bonds is 0. The van der Waals surface area contributed by atoms with Crippen LogP contribution in [-0.2, 0) is 17.1 Å². The van der Waals surface area contributed by atoms with Crippen molar-refractivity contribution in [3.63, 3.8) is 0 Å². The maximum absolute atomic E-state index is 7.62. The summed E-state index contributed by atoms with van der Waals surface area (Å²) in [5.74, 6) is 0. The van der Waals surface area contributed by atoms with E-state index in [1.165, 1.54) is 9.75 Å². The Labute approximate surface area is 37.9 Å². The molecule has 0 saturated heterocycles. The average molecular weight is 123 g/mol.